The Morgan fingerprint density at radius 2 is 1.47 bits per heavy atom. The number of thiophene rings is 1. The molecule has 1 aromatic heterocycles. The molecule has 1 aliphatic heterocycles. The molecule has 0 radical (unpaired) electrons. The summed E-state index contributed by atoms with van der Waals surface area (Å²) in [6, 6.07) is 0.145. The first kappa shape index (κ1) is 11.0. The Morgan fingerprint density at radius 3 is 1.94 bits per heavy atom. The first-order valence-electron chi connectivity index (χ1n) is 6.09. The standard InChI is InChI=1S/C13H15NO2S/c1-7-10-11(8(2)17-7)13(16)14(12(10)15)9-5-3-4-6-9/h9H,3-6H2,1-2H3. The van der Waals surface area contributed by atoms with Crippen molar-refractivity contribution in [3.05, 3.63) is 20.9 Å². The molecule has 0 bridgehead atoms. The molecule has 1 saturated carbocycles. The summed E-state index contributed by atoms with van der Waals surface area (Å²) in [5, 5.41) is 0. The fourth-order valence-corrected chi connectivity index (χ4v) is 4.07. The zero-order chi connectivity index (χ0) is 12.2. The third kappa shape index (κ3) is 1.40. The minimum Gasteiger partial charge on any atom is -0.271 e. The second kappa shape index (κ2) is 3.67. The second-order valence-electron chi connectivity index (χ2n) is 4.88. The van der Waals surface area contributed by atoms with Crippen LogP contribution in [0.5, 0.6) is 0 Å². The van der Waals surface area contributed by atoms with Crippen molar-refractivity contribution in [3.8, 4) is 0 Å². The molecule has 1 fully saturated rings. The van der Waals surface area contributed by atoms with Crippen LogP contribution in [-0.4, -0.2) is 22.8 Å². The zero-order valence-corrected chi connectivity index (χ0v) is 10.9. The van der Waals surface area contributed by atoms with E-state index in [0.29, 0.717) is 11.1 Å². The maximum Gasteiger partial charge on any atom is 0.262 e. The van der Waals surface area contributed by atoms with E-state index in [1.54, 1.807) is 11.3 Å². The Morgan fingerprint density at radius 1 is 1.00 bits per heavy atom. The van der Waals surface area contributed by atoms with E-state index in [0.717, 1.165) is 35.4 Å². The fraction of sp³-hybridized carbons (Fsp3) is 0.538. The Bertz CT molecular complexity index is 475. The van der Waals surface area contributed by atoms with Gasteiger partial charge in [-0.25, -0.2) is 0 Å². The molecule has 0 atom stereocenters. The van der Waals surface area contributed by atoms with Crippen LogP contribution in [0, 0.1) is 13.8 Å². The molecular weight excluding hydrogens is 234 g/mol. The molecular formula is C13H15NO2S. The van der Waals surface area contributed by atoms with Crippen LogP contribution in [0.4, 0.5) is 0 Å². The van der Waals surface area contributed by atoms with Gasteiger partial charge in [0.25, 0.3) is 11.8 Å². The molecule has 4 heteroatoms. The van der Waals surface area contributed by atoms with Gasteiger partial charge in [-0.1, -0.05) is 12.8 Å². The molecule has 0 aromatic carbocycles. The number of rotatable bonds is 1. The van der Waals surface area contributed by atoms with Crippen LogP contribution in [0.15, 0.2) is 0 Å². The van der Waals surface area contributed by atoms with Crippen molar-refractivity contribution in [2.45, 2.75) is 45.6 Å². The van der Waals surface area contributed by atoms with Crippen molar-refractivity contribution in [2.24, 2.45) is 0 Å². The van der Waals surface area contributed by atoms with E-state index >= 15 is 0 Å². The molecule has 1 aliphatic carbocycles. The Kier molecular flexibility index (Phi) is 2.36. The largest absolute Gasteiger partial charge is 0.271 e. The van der Waals surface area contributed by atoms with Gasteiger partial charge in [-0.15, -0.1) is 11.3 Å². The van der Waals surface area contributed by atoms with Gasteiger partial charge in [0.1, 0.15) is 0 Å². The highest BCUT2D eigenvalue weighted by molar-refractivity contribution is 7.12. The lowest BCUT2D eigenvalue weighted by atomic mass is 10.1. The van der Waals surface area contributed by atoms with Gasteiger partial charge in [-0.2, -0.15) is 0 Å². The van der Waals surface area contributed by atoms with Gasteiger partial charge in [-0.3, -0.25) is 14.5 Å². The summed E-state index contributed by atoms with van der Waals surface area (Å²) in [6.07, 6.45) is 4.21. The zero-order valence-electron chi connectivity index (χ0n) is 10.1. The van der Waals surface area contributed by atoms with Gasteiger partial charge >= 0.3 is 0 Å². The molecule has 90 valence electrons. The van der Waals surface area contributed by atoms with Crippen molar-refractivity contribution in [1.82, 2.24) is 4.90 Å². The quantitative estimate of drug-likeness (QED) is 0.718. The number of aryl methyl sites for hydroxylation is 2. The van der Waals surface area contributed by atoms with Crippen LogP contribution in [0.2, 0.25) is 0 Å². The number of hydrogen-bond acceptors (Lipinski definition) is 3. The highest BCUT2D eigenvalue weighted by atomic mass is 32.1. The topological polar surface area (TPSA) is 37.4 Å². The highest BCUT2D eigenvalue weighted by Gasteiger charge is 2.43. The van der Waals surface area contributed by atoms with E-state index in [9.17, 15) is 9.59 Å². The number of nitrogens with zero attached hydrogens (tertiary/aromatic N) is 1. The van der Waals surface area contributed by atoms with Crippen LogP contribution in [0.1, 0.15) is 56.2 Å². The maximum absolute atomic E-state index is 12.3. The number of imide groups is 1. The van der Waals surface area contributed by atoms with Gasteiger partial charge in [0, 0.05) is 15.8 Å². The van der Waals surface area contributed by atoms with Crippen LogP contribution >= 0.6 is 11.3 Å². The number of amides is 2. The summed E-state index contributed by atoms with van der Waals surface area (Å²) >= 11 is 1.56. The van der Waals surface area contributed by atoms with Crippen LogP contribution < -0.4 is 0 Å². The number of fused-ring (bicyclic) bond motifs is 1. The molecule has 3 nitrogen and oxygen atoms in total. The summed E-state index contributed by atoms with van der Waals surface area (Å²) in [5.41, 5.74) is 1.34. The smallest absolute Gasteiger partial charge is 0.262 e. The molecule has 2 heterocycles. The maximum atomic E-state index is 12.3. The average molecular weight is 249 g/mol. The molecule has 2 aliphatic rings. The first-order chi connectivity index (χ1) is 8.11. The van der Waals surface area contributed by atoms with Crippen LogP contribution in [-0.2, 0) is 0 Å². The van der Waals surface area contributed by atoms with Gasteiger partial charge in [0.2, 0.25) is 0 Å². The monoisotopic (exact) mass is 249 g/mol. The van der Waals surface area contributed by atoms with Gasteiger partial charge in [-0.05, 0) is 26.7 Å². The summed E-state index contributed by atoms with van der Waals surface area (Å²) in [7, 11) is 0. The second-order valence-corrected chi connectivity index (χ2v) is 6.31. The van der Waals surface area contributed by atoms with Crippen molar-refractivity contribution < 1.29 is 9.59 Å². The lowest BCUT2D eigenvalue weighted by Gasteiger charge is -2.21. The summed E-state index contributed by atoms with van der Waals surface area (Å²) < 4.78 is 0. The van der Waals surface area contributed by atoms with Crippen molar-refractivity contribution in [2.75, 3.05) is 0 Å². The molecule has 1 aromatic rings. The molecule has 0 spiro atoms. The average Bonchev–Trinajstić information content (AvgIpc) is 2.90. The number of carbonyl (C=O) groups is 2. The van der Waals surface area contributed by atoms with E-state index in [2.05, 4.69) is 0 Å². The van der Waals surface area contributed by atoms with Gasteiger partial charge < -0.3 is 0 Å². The molecule has 17 heavy (non-hydrogen) atoms. The van der Waals surface area contributed by atoms with E-state index in [1.165, 1.54) is 4.90 Å². The number of hydrogen-bond donors (Lipinski definition) is 0. The molecule has 0 unspecified atom stereocenters. The van der Waals surface area contributed by atoms with Crippen molar-refractivity contribution in [3.63, 3.8) is 0 Å². The normalized spacial score (nSPS) is 20.5. The fourth-order valence-electron chi connectivity index (χ4n) is 3.03. The predicted molar refractivity (Wildman–Crippen MR) is 66.5 cm³/mol. The summed E-state index contributed by atoms with van der Waals surface area (Å²) in [4.78, 5) is 28.2. The molecule has 0 saturated heterocycles. The minimum absolute atomic E-state index is 0.0567. The van der Waals surface area contributed by atoms with Crippen LogP contribution in [0.3, 0.4) is 0 Å². The first-order valence-corrected chi connectivity index (χ1v) is 6.90. The Labute approximate surface area is 104 Å². The SMILES string of the molecule is Cc1sc(C)c2c1C(=O)N(C1CCCC1)C2=O. The summed E-state index contributed by atoms with van der Waals surface area (Å²) in [5.74, 6) is -0.113. The third-order valence-electron chi connectivity index (χ3n) is 3.82. The summed E-state index contributed by atoms with van der Waals surface area (Å²) in [6.45, 7) is 3.86. The van der Waals surface area contributed by atoms with Crippen LogP contribution in [0.25, 0.3) is 0 Å². The predicted octanol–water partition coefficient (Wildman–Crippen LogP) is 2.90. The Hall–Kier alpha value is -1.16. The lowest BCUT2D eigenvalue weighted by molar-refractivity contribution is 0.0587. The van der Waals surface area contributed by atoms with Crippen molar-refractivity contribution >= 4 is 23.2 Å². The van der Waals surface area contributed by atoms with Gasteiger partial charge in [0.15, 0.2) is 0 Å². The molecule has 2 amide bonds. The Balaban J connectivity index is 2.05. The lowest BCUT2D eigenvalue weighted by Crippen LogP contribution is -2.38. The minimum atomic E-state index is -0.0567. The van der Waals surface area contributed by atoms with E-state index in [4.69, 9.17) is 0 Å². The van der Waals surface area contributed by atoms with Gasteiger partial charge in [0.05, 0.1) is 11.1 Å². The third-order valence-corrected chi connectivity index (χ3v) is 4.84. The van der Waals surface area contributed by atoms with E-state index < -0.39 is 0 Å². The molecule has 3 rings (SSSR count). The van der Waals surface area contributed by atoms with Crippen molar-refractivity contribution in [1.29, 1.82) is 0 Å². The molecule has 0 N–H and O–H groups in total. The highest BCUT2D eigenvalue weighted by Crippen LogP contribution is 2.38. The van der Waals surface area contributed by atoms with E-state index in [1.807, 2.05) is 13.8 Å². The van der Waals surface area contributed by atoms with E-state index in [-0.39, 0.29) is 17.9 Å². The number of carbonyl (C=O) groups excluding carboxylic acids is 2.